The molecule has 114 valence electrons. The lowest BCUT2D eigenvalue weighted by Crippen LogP contribution is -2.43. The van der Waals surface area contributed by atoms with Crippen LogP contribution in [0, 0.1) is 0 Å². The maximum Gasteiger partial charge on any atom is 0.254 e. The van der Waals surface area contributed by atoms with Crippen molar-refractivity contribution in [2.45, 2.75) is 32.2 Å². The van der Waals surface area contributed by atoms with Gasteiger partial charge in [0.25, 0.3) is 5.91 Å². The van der Waals surface area contributed by atoms with Gasteiger partial charge in [-0.25, -0.2) is 0 Å². The Morgan fingerprint density at radius 3 is 3.10 bits per heavy atom. The minimum atomic E-state index is -0.331. The van der Waals surface area contributed by atoms with Crippen molar-refractivity contribution in [2.24, 2.45) is 10.9 Å². The number of hydrogen-bond donors (Lipinski definition) is 2. The van der Waals surface area contributed by atoms with Crippen molar-refractivity contribution in [3.63, 3.8) is 0 Å². The van der Waals surface area contributed by atoms with E-state index in [9.17, 15) is 4.79 Å². The summed E-state index contributed by atoms with van der Waals surface area (Å²) in [4.78, 5) is 14.2. The van der Waals surface area contributed by atoms with Gasteiger partial charge in [0, 0.05) is 12.1 Å². The van der Waals surface area contributed by atoms with Gasteiger partial charge in [-0.05, 0) is 37.5 Å². The fourth-order valence-electron chi connectivity index (χ4n) is 2.49. The predicted molar refractivity (Wildman–Crippen MR) is 79.7 cm³/mol. The number of carbonyl (C=O) groups is 1. The van der Waals surface area contributed by atoms with Gasteiger partial charge in [-0.2, -0.15) is 0 Å². The topological polar surface area (TPSA) is 88.2 Å². The van der Waals surface area contributed by atoms with Crippen LogP contribution in [0.15, 0.2) is 29.4 Å². The Bertz CT molecular complexity index is 531. The molecular formula is C15H21N3O3. The van der Waals surface area contributed by atoms with Gasteiger partial charge in [0.15, 0.2) is 5.84 Å². The maximum atomic E-state index is 12.6. The molecular weight excluding hydrogens is 270 g/mol. The monoisotopic (exact) mass is 291 g/mol. The number of amidine groups is 1. The van der Waals surface area contributed by atoms with Gasteiger partial charge in [0.2, 0.25) is 0 Å². The zero-order valence-electron chi connectivity index (χ0n) is 12.2. The Balaban J connectivity index is 2.15. The molecule has 1 fully saturated rings. The molecule has 1 aliphatic rings. The fraction of sp³-hybridized carbons (Fsp3) is 0.467. The van der Waals surface area contributed by atoms with E-state index in [-0.39, 0.29) is 17.8 Å². The first-order valence-corrected chi connectivity index (χ1v) is 7.18. The summed E-state index contributed by atoms with van der Waals surface area (Å²) in [6.07, 6.45) is 2.47. The van der Waals surface area contributed by atoms with Gasteiger partial charge < -0.3 is 20.6 Å². The summed E-state index contributed by atoms with van der Waals surface area (Å²) in [5, 5.41) is 11.8. The van der Waals surface area contributed by atoms with Crippen LogP contribution in [-0.2, 0) is 0 Å². The number of rotatable bonds is 5. The highest BCUT2D eigenvalue weighted by molar-refractivity contribution is 5.98. The molecule has 1 aliphatic heterocycles. The van der Waals surface area contributed by atoms with Crippen molar-refractivity contribution in [3.8, 4) is 5.75 Å². The van der Waals surface area contributed by atoms with E-state index in [0.29, 0.717) is 30.9 Å². The third-order valence-corrected chi connectivity index (χ3v) is 3.52. The fourth-order valence-corrected chi connectivity index (χ4v) is 2.49. The van der Waals surface area contributed by atoms with Crippen LogP contribution >= 0.6 is 0 Å². The lowest BCUT2D eigenvalue weighted by atomic mass is 10.1. The number of carbonyl (C=O) groups excluding carboxylic acids is 1. The summed E-state index contributed by atoms with van der Waals surface area (Å²) in [6, 6.07) is 6.79. The quantitative estimate of drug-likeness (QED) is 0.375. The Morgan fingerprint density at radius 2 is 2.38 bits per heavy atom. The highest BCUT2D eigenvalue weighted by Crippen LogP contribution is 2.22. The van der Waals surface area contributed by atoms with E-state index in [0.717, 1.165) is 12.8 Å². The molecule has 1 unspecified atom stereocenters. The SMILES string of the molecule is CCCOc1cccc(C(=O)N2CCCC2C(N)=NO)c1. The van der Waals surface area contributed by atoms with Crippen LogP contribution < -0.4 is 10.5 Å². The molecule has 1 heterocycles. The van der Waals surface area contributed by atoms with E-state index in [1.807, 2.05) is 13.0 Å². The minimum absolute atomic E-state index is 0.0826. The smallest absolute Gasteiger partial charge is 0.254 e. The zero-order valence-corrected chi connectivity index (χ0v) is 12.2. The number of nitrogens with two attached hydrogens (primary N) is 1. The molecule has 0 aromatic heterocycles. The van der Waals surface area contributed by atoms with E-state index >= 15 is 0 Å². The number of oxime groups is 1. The molecule has 0 aliphatic carbocycles. The van der Waals surface area contributed by atoms with Crippen LogP contribution in [0.25, 0.3) is 0 Å². The number of nitrogens with zero attached hydrogens (tertiary/aromatic N) is 2. The Hall–Kier alpha value is -2.24. The molecule has 1 atom stereocenters. The first-order chi connectivity index (χ1) is 10.2. The molecule has 0 radical (unpaired) electrons. The third kappa shape index (κ3) is 3.45. The number of hydrogen-bond acceptors (Lipinski definition) is 4. The predicted octanol–water partition coefficient (Wildman–Crippen LogP) is 1.83. The van der Waals surface area contributed by atoms with Gasteiger partial charge in [-0.3, -0.25) is 4.79 Å². The van der Waals surface area contributed by atoms with Crippen molar-refractivity contribution in [2.75, 3.05) is 13.2 Å². The van der Waals surface area contributed by atoms with Crippen LogP contribution in [0.5, 0.6) is 5.75 Å². The number of ether oxygens (including phenoxy) is 1. The first kappa shape index (κ1) is 15.2. The van der Waals surface area contributed by atoms with Crippen LogP contribution in [0.2, 0.25) is 0 Å². The highest BCUT2D eigenvalue weighted by atomic mass is 16.5. The number of amides is 1. The van der Waals surface area contributed by atoms with Crippen molar-refractivity contribution < 1.29 is 14.7 Å². The molecule has 0 saturated carbocycles. The molecule has 3 N–H and O–H groups in total. The maximum absolute atomic E-state index is 12.6. The van der Waals surface area contributed by atoms with Crippen LogP contribution in [0.3, 0.4) is 0 Å². The van der Waals surface area contributed by atoms with Gasteiger partial charge >= 0.3 is 0 Å². The van der Waals surface area contributed by atoms with E-state index in [1.165, 1.54) is 0 Å². The molecule has 1 saturated heterocycles. The number of benzene rings is 1. The van der Waals surface area contributed by atoms with E-state index < -0.39 is 0 Å². The largest absolute Gasteiger partial charge is 0.494 e. The molecule has 6 nitrogen and oxygen atoms in total. The molecule has 6 heteroatoms. The van der Waals surface area contributed by atoms with E-state index in [4.69, 9.17) is 15.7 Å². The van der Waals surface area contributed by atoms with Gasteiger partial charge in [-0.1, -0.05) is 18.1 Å². The van der Waals surface area contributed by atoms with Crippen LogP contribution in [-0.4, -0.2) is 41.0 Å². The second kappa shape index (κ2) is 6.97. The molecule has 2 rings (SSSR count). The zero-order chi connectivity index (χ0) is 15.2. The standard InChI is InChI=1S/C15H21N3O3/c1-2-9-21-12-6-3-5-11(10-12)15(19)18-8-4-7-13(18)14(16)17-20/h3,5-6,10,13,20H,2,4,7-9H2,1H3,(H2,16,17). The molecule has 1 aromatic rings. The molecule has 0 bridgehead atoms. The normalized spacial score (nSPS) is 18.8. The van der Waals surface area contributed by atoms with Gasteiger partial charge in [-0.15, -0.1) is 0 Å². The highest BCUT2D eigenvalue weighted by Gasteiger charge is 2.32. The summed E-state index contributed by atoms with van der Waals surface area (Å²) < 4.78 is 5.54. The Kier molecular flexibility index (Phi) is 5.03. The summed E-state index contributed by atoms with van der Waals surface area (Å²) in [5.41, 5.74) is 6.22. The van der Waals surface area contributed by atoms with Gasteiger partial charge in [0.05, 0.1) is 12.6 Å². The summed E-state index contributed by atoms with van der Waals surface area (Å²) in [7, 11) is 0. The minimum Gasteiger partial charge on any atom is -0.494 e. The van der Waals surface area contributed by atoms with Gasteiger partial charge in [0.1, 0.15) is 5.75 Å². The molecule has 21 heavy (non-hydrogen) atoms. The van der Waals surface area contributed by atoms with Crippen LogP contribution in [0.1, 0.15) is 36.5 Å². The second-order valence-corrected chi connectivity index (χ2v) is 5.06. The Labute approximate surface area is 124 Å². The van der Waals surface area contributed by atoms with Crippen LogP contribution in [0.4, 0.5) is 0 Å². The summed E-state index contributed by atoms with van der Waals surface area (Å²) in [5.74, 6) is 0.646. The van der Waals surface area contributed by atoms with Crippen molar-refractivity contribution in [1.82, 2.24) is 4.90 Å². The number of likely N-dealkylation sites (tertiary alicyclic amines) is 1. The average Bonchev–Trinajstić information content (AvgIpc) is 3.01. The molecule has 0 spiro atoms. The van der Waals surface area contributed by atoms with Crippen molar-refractivity contribution >= 4 is 11.7 Å². The van der Waals surface area contributed by atoms with Crippen molar-refractivity contribution in [3.05, 3.63) is 29.8 Å². The first-order valence-electron chi connectivity index (χ1n) is 7.18. The van der Waals surface area contributed by atoms with E-state index in [1.54, 1.807) is 23.1 Å². The average molecular weight is 291 g/mol. The summed E-state index contributed by atoms with van der Waals surface area (Å²) in [6.45, 7) is 3.26. The molecule has 1 aromatic carbocycles. The lowest BCUT2D eigenvalue weighted by Gasteiger charge is -2.23. The molecule has 1 amide bonds. The van der Waals surface area contributed by atoms with E-state index in [2.05, 4.69) is 5.16 Å². The van der Waals surface area contributed by atoms with Crippen molar-refractivity contribution in [1.29, 1.82) is 0 Å². The summed E-state index contributed by atoms with van der Waals surface area (Å²) >= 11 is 0. The second-order valence-electron chi connectivity index (χ2n) is 5.06. The Morgan fingerprint density at radius 1 is 1.57 bits per heavy atom. The third-order valence-electron chi connectivity index (χ3n) is 3.52. The lowest BCUT2D eigenvalue weighted by molar-refractivity contribution is 0.0767.